The number of hydrogen-bond donors (Lipinski definition) is 1. The normalized spacial score (nSPS) is 22.2. The Bertz CT molecular complexity index is 575. The molecule has 6 nitrogen and oxygen atoms in total. The van der Waals surface area contributed by atoms with Crippen molar-refractivity contribution >= 4 is 34.3 Å². The van der Waals surface area contributed by atoms with Gasteiger partial charge >= 0.3 is 6.03 Å². The third kappa shape index (κ3) is 1.68. The summed E-state index contributed by atoms with van der Waals surface area (Å²) < 4.78 is 0. The molecule has 2 fully saturated rings. The second-order valence-corrected chi connectivity index (χ2v) is 5.80. The topological polar surface area (TPSA) is 79.4 Å². The summed E-state index contributed by atoms with van der Waals surface area (Å²) in [5, 5.41) is 4.40. The highest BCUT2D eigenvalue weighted by molar-refractivity contribution is 7.14. The molecule has 0 atom stereocenters. The highest BCUT2D eigenvalue weighted by Crippen LogP contribution is 2.43. The highest BCUT2D eigenvalue weighted by atomic mass is 32.1. The van der Waals surface area contributed by atoms with E-state index in [-0.39, 0.29) is 0 Å². The van der Waals surface area contributed by atoms with Crippen molar-refractivity contribution in [2.45, 2.75) is 32.6 Å². The van der Waals surface area contributed by atoms with Crippen molar-refractivity contribution in [1.29, 1.82) is 0 Å². The molecule has 7 heteroatoms. The molecule has 1 spiro atoms. The van der Waals surface area contributed by atoms with Crippen LogP contribution >= 0.6 is 11.3 Å². The molecule has 1 aliphatic heterocycles. The molecule has 1 aromatic rings. The summed E-state index contributed by atoms with van der Waals surface area (Å²) >= 11 is 1.23. The number of aryl methyl sites for hydroxylation is 1. The van der Waals surface area contributed by atoms with Crippen LogP contribution in [0.2, 0.25) is 0 Å². The van der Waals surface area contributed by atoms with E-state index in [1.54, 1.807) is 12.3 Å². The van der Waals surface area contributed by atoms with Gasteiger partial charge in [0.05, 0.1) is 5.69 Å². The first-order valence-electron chi connectivity index (χ1n) is 6.17. The van der Waals surface area contributed by atoms with Gasteiger partial charge in [-0.2, -0.15) is 0 Å². The standard InChI is InChI=1S/C12H13N3O3S/c1-7-6-19-11(13-7)15-9(17)12(4-2-3-5-12)8(16)14-10(15)18/h6H,2-5H2,1H3,(H,14,16,18). The van der Waals surface area contributed by atoms with Crippen LogP contribution in [0.15, 0.2) is 5.38 Å². The van der Waals surface area contributed by atoms with Gasteiger partial charge in [0.2, 0.25) is 11.0 Å². The third-order valence-corrected chi connectivity index (χ3v) is 4.67. The minimum Gasteiger partial charge on any atom is -0.276 e. The largest absolute Gasteiger partial charge is 0.337 e. The van der Waals surface area contributed by atoms with Gasteiger partial charge in [0.1, 0.15) is 5.41 Å². The first kappa shape index (κ1) is 12.3. The first-order chi connectivity index (χ1) is 9.04. The van der Waals surface area contributed by atoms with Crippen LogP contribution in [0, 0.1) is 12.3 Å². The van der Waals surface area contributed by atoms with Crippen LogP contribution in [0.25, 0.3) is 0 Å². The molecule has 1 aromatic heterocycles. The Morgan fingerprint density at radius 3 is 2.58 bits per heavy atom. The molecule has 0 bridgehead atoms. The van der Waals surface area contributed by atoms with Crippen molar-refractivity contribution < 1.29 is 14.4 Å². The molecule has 0 radical (unpaired) electrons. The summed E-state index contributed by atoms with van der Waals surface area (Å²) in [5.74, 6) is -0.877. The maximum Gasteiger partial charge on any atom is 0.337 e. The molecule has 1 N–H and O–H groups in total. The maximum absolute atomic E-state index is 12.6. The molecule has 0 aromatic carbocycles. The lowest BCUT2D eigenvalue weighted by Crippen LogP contribution is -2.63. The molecular weight excluding hydrogens is 266 g/mol. The molecule has 1 saturated carbocycles. The quantitative estimate of drug-likeness (QED) is 0.792. The summed E-state index contributed by atoms with van der Waals surface area (Å²) in [6, 6.07) is -0.693. The number of amides is 4. The third-order valence-electron chi connectivity index (χ3n) is 3.73. The molecule has 3 rings (SSSR count). The second-order valence-electron chi connectivity index (χ2n) is 4.96. The Morgan fingerprint density at radius 1 is 1.32 bits per heavy atom. The maximum atomic E-state index is 12.6. The Hall–Kier alpha value is -1.76. The monoisotopic (exact) mass is 279 g/mol. The van der Waals surface area contributed by atoms with Gasteiger partial charge in [-0.15, -0.1) is 11.3 Å². The van der Waals surface area contributed by atoms with Crippen LogP contribution in [-0.2, 0) is 9.59 Å². The van der Waals surface area contributed by atoms with Crippen molar-refractivity contribution in [3.8, 4) is 0 Å². The molecule has 0 unspecified atom stereocenters. The summed E-state index contributed by atoms with van der Waals surface area (Å²) in [4.78, 5) is 41.7. The minimum atomic E-state index is -1.06. The SMILES string of the molecule is Cc1csc(N2C(=O)NC(=O)C3(CCCC3)C2=O)n1. The fourth-order valence-corrected chi connectivity index (χ4v) is 3.51. The minimum absolute atomic E-state index is 0.332. The number of aromatic nitrogens is 1. The van der Waals surface area contributed by atoms with E-state index in [0.717, 1.165) is 23.4 Å². The lowest BCUT2D eigenvalue weighted by molar-refractivity contribution is -0.142. The van der Waals surface area contributed by atoms with Crippen LogP contribution in [0.3, 0.4) is 0 Å². The van der Waals surface area contributed by atoms with E-state index in [1.165, 1.54) is 11.3 Å². The summed E-state index contributed by atoms with van der Waals surface area (Å²) in [6.45, 7) is 1.79. The summed E-state index contributed by atoms with van der Waals surface area (Å²) in [7, 11) is 0. The van der Waals surface area contributed by atoms with Crippen LogP contribution in [-0.4, -0.2) is 22.8 Å². The van der Waals surface area contributed by atoms with E-state index >= 15 is 0 Å². The van der Waals surface area contributed by atoms with Crippen molar-refractivity contribution in [1.82, 2.24) is 10.3 Å². The van der Waals surface area contributed by atoms with Gasteiger partial charge < -0.3 is 0 Å². The van der Waals surface area contributed by atoms with Crippen molar-refractivity contribution in [3.05, 3.63) is 11.1 Å². The zero-order valence-corrected chi connectivity index (χ0v) is 11.2. The number of imide groups is 2. The fourth-order valence-electron chi connectivity index (χ4n) is 2.71. The molecule has 1 aliphatic carbocycles. The molecule has 4 amide bonds. The van der Waals surface area contributed by atoms with Crippen molar-refractivity contribution in [2.24, 2.45) is 5.41 Å². The molecule has 2 heterocycles. The van der Waals surface area contributed by atoms with Gasteiger partial charge in [-0.25, -0.2) is 14.7 Å². The summed E-state index contributed by atoms with van der Waals surface area (Å²) in [5.41, 5.74) is -0.314. The van der Waals surface area contributed by atoms with Gasteiger partial charge in [0.25, 0.3) is 5.91 Å². The van der Waals surface area contributed by atoms with Crippen LogP contribution in [0.5, 0.6) is 0 Å². The molecule has 1 saturated heterocycles. The van der Waals surface area contributed by atoms with E-state index < -0.39 is 23.3 Å². The molecule has 100 valence electrons. The zero-order chi connectivity index (χ0) is 13.6. The van der Waals surface area contributed by atoms with Gasteiger partial charge in [-0.05, 0) is 19.8 Å². The number of urea groups is 1. The van der Waals surface area contributed by atoms with Gasteiger partial charge in [0.15, 0.2) is 0 Å². The number of nitrogens with one attached hydrogen (secondary N) is 1. The van der Waals surface area contributed by atoms with E-state index in [4.69, 9.17) is 0 Å². The van der Waals surface area contributed by atoms with Gasteiger partial charge in [-0.3, -0.25) is 14.9 Å². The Kier molecular flexibility index (Phi) is 2.67. The number of hydrogen-bond acceptors (Lipinski definition) is 5. The lowest BCUT2D eigenvalue weighted by Gasteiger charge is -2.35. The number of rotatable bonds is 1. The predicted octanol–water partition coefficient (Wildman–Crippen LogP) is 1.59. The van der Waals surface area contributed by atoms with E-state index in [2.05, 4.69) is 10.3 Å². The zero-order valence-electron chi connectivity index (χ0n) is 10.4. The molecule has 2 aliphatic rings. The number of thiazole rings is 1. The van der Waals surface area contributed by atoms with E-state index in [9.17, 15) is 14.4 Å². The van der Waals surface area contributed by atoms with Crippen molar-refractivity contribution in [3.63, 3.8) is 0 Å². The number of nitrogens with zero attached hydrogens (tertiary/aromatic N) is 2. The smallest absolute Gasteiger partial charge is 0.276 e. The second kappa shape index (κ2) is 4.12. The van der Waals surface area contributed by atoms with Gasteiger partial charge in [0, 0.05) is 5.38 Å². The predicted molar refractivity (Wildman–Crippen MR) is 68.8 cm³/mol. The van der Waals surface area contributed by atoms with E-state index in [0.29, 0.717) is 18.0 Å². The lowest BCUT2D eigenvalue weighted by atomic mass is 9.82. The Labute approximate surface area is 113 Å². The van der Waals surface area contributed by atoms with Crippen molar-refractivity contribution in [2.75, 3.05) is 4.90 Å². The highest BCUT2D eigenvalue weighted by Gasteiger charge is 2.55. The number of barbiturate groups is 1. The number of anilines is 1. The summed E-state index contributed by atoms with van der Waals surface area (Å²) in [6.07, 6.45) is 2.67. The number of carbonyl (C=O) groups excluding carboxylic acids is 3. The van der Waals surface area contributed by atoms with E-state index in [1.807, 2.05) is 0 Å². The Balaban J connectivity index is 2.02. The first-order valence-corrected chi connectivity index (χ1v) is 7.05. The fraction of sp³-hybridized carbons (Fsp3) is 0.500. The van der Waals surface area contributed by atoms with Crippen LogP contribution in [0.4, 0.5) is 9.93 Å². The van der Waals surface area contributed by atoms with Crippen LogP contribution in [0.1, 0.15) is 31.4 Å². The Morgan fingerprint density at radius 2 is 2.00 bits per heavy atom. The molecular formula is C12H13N3O3S. The number of carbonyl (C=O) groups is 3. The van der Waals surface area contributed by atoms with Crippen LogP contribution < -0.4 is 10.2 Å². The average Bonchev–Trinajstić information content (AvgIpc) is 2.97. The van der Waals surface area contributed by atoms with Gasteiger partial charge in [-0.1, -0.05) is 12.8 Å². The average molecular weight is 279 g/mol. The molecule has 19 heavy (non-hydrogen) atoms.